The summed E-state index contributed by atoms with van der Waals surface area (Å²) in [6.45, 7) is 0. The van der Waals surface area contributed by atoms with E-state index in [1.807, 2.05) is 0 Å². The van der Waals surface area contributed by atoms with Gasteiger partial charge in [0.2, 0.25) is 0 Å². The fourth-order valence-electron chi connectivity index (χ4n) is 1.46. The Balaban J connectivity index is 2.52. The zero-order chi connectivity index (χ0) is 8.97. The van der Waals surface area contributed by atoms with Crippen LogP contribution >= 0.6 is 0 Å². The predicted octanol–water partition coefficient (Wildman–Crippen LogP) is 0.831. The van der Waals surface area contributed by atoms with Crippen LogP contribution < -0.4 is 0 Å². The van der Waals surface area contributed by atoms with Gasteiger partial charge in [0.15, 0.2) is 0 Å². The van der Waals surface area contributed by atoms with Crippen molar-refractivity contribution in [2.75, 3.05) is 7.11 Å². The number of Topliss-reactive ketones (excluding diaryl/α,β-unsaturated/α-hetero) is 1. The highest BCUT2D eigenvalue weighted by molar-refractivity contribution is 5.95. The fourth-order valence-corrected chi connectivity index (χ4v) is 1.46. The molecule has 0 aromatic heterocycles. The van der Waals surface area contributed by atoms with E-state index in [0.29, 0.717) is 12.8 Å². The van der Waals surface area contributed by atoms with Crippen molar-refractivity contribution >= 4 is 12.0 Å². The Morgan fingerprint density at radius 1 is 1.75 bits per heavy atom. The molecule has 0 saturated heterocycles. The van der Waals surface area contributed by atoms with Crippen LogP contribution in [0.15, 0.2) is 5.16 Å². The first-order chi connectivity index (χ1) is 5.77. The number of ketones is 1. The zero-order valence-electron chi connectivity index (χ0n) is 7.06. The van der Waals surface area contributed by atoms with Gasteiger partial charge in [-0.05, 0) is 12.8 Å². The highest BCUT2D eigenvalue weighted by Gasteiger charge is 2.27. The normalized spacial score (nSPS) is 31.2. The van der Waals surface area contributed by atoms with Gasteiger partial charge < -0.3 is 9.94 Å². The van der Waals surface area contributed by atoms with Crippen LogP contribution in [0.5, 0.6) is 0 Å². The molecule has 1 rings (SSSR count). The van der Waals surface area contributed by atoms with Crippen LogP contribution in [0, 0.1) is 5.92 Å². The topological polar surface area (TPSA) is 58.9 Å². The molecule has 0 amide bonds. The van der Waals surface area contributed by atoms with Gasteiger partial charge in [-0.3, -0.25) is 4.79 Å². The molecule has 0 aromatic carbocycles. The largest absolute Gasteiger partial charge is 0.411 e. The lowest BCUT2D eigenvalue weighted by molar-refractivity contribution is -0.124. The molecule has 68 valence electrons. The molecular formula is C8H13NO3. The molecule has 1 N–H and O–H groups in total. The first kappa shape index (κ1) is 9.19. The van der Waals surface area contributed by atoms with E-state index < -0.39 is 0 Å². The van der Waals surface area contributed by atoms with Crippen molar-refractivity contribution in [2.45, 2.75) is 25.4 Å². The summed E-state index contributed by atoms with van der Waals surface area (Å²) >= 11 is 0. The van der Waals surface area contributed by atoms with E-state index in [1.54, 1.807) is 7.11 Å². The third kappa shape index (κ3) is 2.04. The molecule has 0 spiro atoms. The fraction of sp³-hybridized carbons (Fsp3) is 0.750. The van der Waals surface area contributed by atoms with Gasteiger partial charge in [-0.1, -0.05) is 0 Å². The van der Waals surface area contributed by atoms with Crippen molar-refractivity contribution in [1.82, 2.24) is 0 Å². The second kappa shape index (κ2) is 4.21. The Hall–Kier alpha value is -0.900. The van der Waals surface area contributed by atoms with Crippen molar-refractivity contribution in [3.05, 3.63) is 0 Å². The van der Waals surface area contributed by atoms with Crippen molar-refractivity contribution in [3.63, 3.8) is 0 Å². The van der Waals surface area contributed by atoms with Crippen molar-refractivity contribution in [1.29, 1.82) is 0 Å². The standard InChI is InChI=1S/C8H13NO3/c1-12-7-2-3-8(10)6(4-7)5-9-11/h5-7,11H,2-4H2,1H3/b9-5-. The number of carbonyl (C=O) groups excluding carboxylic acids is 1. The Kier molecular flexibility index (Phi) is 3.22. The first-order valence-corrected chi connectivity index (χ1v) is 4.01. The molecule has 0 aliphatic heterocycles. The van der Waals surface area contributed by atoms with E-state index in [2.05, 4.69) is 5.16 Å². The van der Waals surface area contributed by atoms with Crippen LogP contribution in [-0.2, 0) is 9.53 Å². The molecule has 2 unspecified atom stereocenters. The second-order valence-corrected chi connectivity index (χ2v) is 2.97. The van der Waals surface area contributed by atoms with Gasteiger partial charge in [0.25, 0.3) is 0 Å². The smallest absolute Gasteiger partial charge is 0.141 e. The second-order valence-electron chi connectivity index (χ2n) is 2.97. The number of carbonyl (C=O) groups is 1. The highest BCUT2D eigenvalue weighted by atomic mass is 16.5. The third-order valence-corrected chi connectivity index (χ3v) is 2.22. The lowest BCUT2D eigenvalue weighted by Crippen LogP contribution is -2.30. The van der Waals surface area contributed by atoms with E-state index in [9.17, 15) is 4.79 Å². The van der Waals surface area contributed by atoms with Gasteiger partial charge in [-0.25, -0.2) is 0 Å². The maximum Gasteiger partial charge on any atom is 0.141 e. The van der Waals surface area contributed by atoms with Crippen LogP contribution in [0.4, 0.5) is 0 Å². The molecule has 12 heavy (non-hydrogen) atoms. The summed E-state index contributed by atoms with van der Waals surface area (Å²) in [6.07, 6.45) is 3.36. The minimum atomic E-state index is -0.256. The van der Waals surface area contributed by atoms with Gasteiger partial charge in [0, 0.05) is 13.5 Å². The summed E-state index contributed by atoms with van der Waals surface area (Å²) in [5.74, 6) is -0.116. The number of nitrogens with zero attached hydrogens (tertiary/aromatic N) is 1. The number of hydrogen-bond donors (Lipinski definition) is 1. The maximum absolute atomic E-state index is 11.2. The van der Waals surface area contributed by atoms with Crippen LogP contribution in [0.3, 0.4) is 0 Å². The molecular weight excluding hydrogens is 158 g/mol. The molecule has 0 radical (unpaired) electrons. The summed E-state index contributed by atoms with van der Waals surface area (Å²) in [5, 5.41) is 11.1. The number of methoxy groups -OCH3 is 1. The Morgan fingerprint density at radius 3 is 3.08 bits per heavy atom. The molecule has 0 heterocycles. The van der Waals surface area contributed by atoms with Gasteiger partial charge in [-0.2, -0.15) is 0 Å². The van der Waals surface area contributed by atoms with E-state index in [0.717, 1.165) is 6.42 Å². The Morgan fingerprint density at radius 2 is 2.50 bits per heavy atom. The average molecular weight is 171 g/mol. The summed E-state index contributed by atoms with van der Waals surface area (Å²) in [4.78, 5) is 11.2. The number of rotatable bonds is 2. The molecule has 2 atom stereocenters. The van der Waals surface area contributed by atoms with Crippen LogP contribution in [0.1, 0.15) is 19.3 Å². The Bertz CT molecular complexity index is 191. The molecule has 0 bridgehead atoms. The Labute approximate surface area is 71.2 Å². The molecule has 4 nitrogen and oxygen atoms in total. The molecule has 4 heteroatoms. The molecule has 1 aliphatic rings. The SMILES string of the molecule is COC1CCC(=O)C(/C=N\O)C1. The van der Waals surface area contributed by atoms with E-state index in [4.69, 9.17) is 9.94 Å². The lowest BCUT2D eigenvalue weighted by atomic mass is 9.87. The minimum absolute atomic E-state index is 0.130. The van der Waals surface area contributed by atoms with Crippen molar-refractivity contribution < 1.29 is 14.7 Å². The molecule has 1 fully saturated rings. The number of oxime groups is 1. The van der Waals surface area contributed by atoms with E-state index in [-0.39, 0.29) is 17.8 Å². The summed E-state index contributed by atoms with van der Waals surface area (Å²) < 4.78 is 5.12. The van der Waals surface area contributed by atoms with Gasteiger partial charge >= 0.3 is 0 Å². The maximum atomic E-state index is 11.2. The molecule has 1 saturated carbocycles. The summed E-state index contributed by atoms with van der Waals surface area (Å²) in [7, 11) is 1.63. The lowest BCUT2D eigenvalue weighted by Gasteiger charge is -2.23. The summed E-state index contributed by atoms with van der Waals surface area (Å²) in [6, 6.07) is 0. The molecule has 1 aliphatic carbocycles. The van der Waals surface area contributed by atoms with E-state index >= 15 is 0 Å². The van der Waals surface area contributed by atoms with Crippen LogP contribution in [0.2, 0.25) is 0 Å². The third-order valence-electron chi connectivity index (χ3n) is 2.22. The van der Waals surface area contributed by atoms with Gasteiger partial charge in [-0.15, -0.1) is 5.16 Å². The first-order valence-electron chi connectivity index (χ1n) is 4.01. The summed E-state index contributed by atoms with van der Waals surface area (Å²) in [5.41, 5.74) is 0. The van der Waals surface area contributed by atoms with Gasteiger partial charge in [0.1, 0.15) is 5.78 Å². The van der Waals surface area contributed by atoms with Crippen LogP contribution in [0.25, 0.3) is 0 Å². The molecule has 0 aromatic rings. The number of ether oxygens (including phenoxy) is 1. The number of hydrogen-bond acceptors (Lipinski definition) is 4. The van der Waals surface area contributed by atoms with Crippen LogP contribution in [-0.4, -0.2) is 30.4 Å². The zero-order valence-corrected chi connectivity index (χ0v) is 7.06. The van der Waals surface area contributed by atoms with Gasteiger partial charge in [0.05, 0.1) is 18.2 Å². The van der Waals surface area contributed by atoms with Crippen molar-refractivity contribution in [3.8, 4) is 0 Å². The van der Waals surface area contributed by atoms with Crippen molar-refractivity contribution in [2.24, 2.45) is 11.1 Å². The monoisotopic (exact) mass is 171 g/mol. The highest BCUT2D eigenvalue weighted by Crippen LogP contribution is 2.21. The minimum Gasteiger partial charge on any atom is -0.411 e. The van der Waals surface area contributed by atoms with E-state index in [1.165, 1.54) is 6.21 Å². The average Bonchev–Trinajstić information content (AvgIpc) is 2.09. The predicted molar refractivity (Wildman–Crippen MR) is 43.4 cm³/mol. The quantitative estimate of drug-likeness (QED) is 0.380.